The Bertz CT molecular complexity index is 474. The van der Waals surface area contributed by atoms with E-state index in [2.05, 4.69) is 17.3 Å². The summed E-state index contributed by atoms with van der Waals surface area (Å²) >= 11 is 0. The molecule has 5 nitrogen and oxygen atoms in total. The van der Waals surface area contributed by atoms with E-state index in [1.165, 1.54) is 11.3 Å². The van der Waals surface area contributed by atoms with Gasteiger partial charge in [0.25, 0.3) is 0 Å². The molecule has 1 amide bonds. The number of aromatic nitrogens is 2. The average Bonchev–Trinajstić information content (AvgIpc) is 2.58. The van der Waals surface area contributed by atoms with Crippen molar-refractivity contribution in [3.05, 3.63) is 17.5 Å². The Morgan fingerprint density at radius 1 is 1.55 bits per heavy atom. The molecule has 0 fully saturated rings. The number of alkyl carbamates (subject to hydrolysis) is 1. The van der Waals surface area contributed by atoms with Crippen molar-refractivity contribution in [2.24, 2.45) is 0 Å². The first-order valence-corrected chi connectivity index (χ1v) is 7.42. The Labute approximate surface area is 120 Å². The zero-order chi connectivity index (χ0) is 14.8. The molecule has 1 aliphatic rings. The van der Waals surface area contributed by atoms with E-state index < -0.39 is 5.60 Å². The van der Waals surface area contributed by atoms with Crippen molar-refractivity contribution in [1.29, 1.82) is 0 Å². The molecule has 1 heterocycles. The summed E-state index contributed by atoms with van der Waals surface area (Å²) in [4.78, 5) is 11.9. The Morgan fingerprint density at radius 2 is 2.30 bits per heavy atom. The highest BCUT2D eigenvalue weighted by Crippen LogP contribution is 2.21. The van der Waals surface area contributed by atoms with Gasteiger partial charge >= 0.3 is 6.09 Å². The number of carbonyl (C=O) groups is 1. The second kappa shape index (κ2) is 5.85. The maximum absolute atomic E-state index is 11.9. The molecule has 2 rings (SSSR count). The van der Waals surface area contributed by atoms with E-state index in [-0.39, 0.29) is 12.1 Å². The number of hydrogen-bond acceptors (Lipinski definition) is 3. The lowest BCUT2D eigenvalue weighted by molar-refractivity contribution is 0.0501. The van der Waals surface area contributed by atoms with E-state index in [0.717, 1.165) is 32.2 Å². The number of fused-ring (bicyclic) bond motifs is 1. The van der Waals surface area contributed by atoms with Gasteiger partial charge < -0.3 is 10.1 Å². The third-order valence-corrected chi connectivity index (χ3v) is 3.49. The van der Waals surface area contributed by atoms with Crippen molar-refractivity contribution in [2.45, 2.75) is 71.6 Å². The van der Waals surface area contributed by atoms with Crippen molar-refractivity contribution in [3.8, 4) is 0 Å². The van der Waals surface area contributed by atoms with E-state index in [1.54, 1.807) is 0 Å². The van der Waals surface area contributed by atoms with Crippen LogP contribution in [0.4, 0.5) is 4.79 Å². The number of rotatable bonds is 2. The SMILES string of the molecule is CCn1ncc2c1C[C@@H](NC(=O)OC(C)(C)C)CCC2. The summed E-state index contributed by atoms with van der Waals surface area (Å²) < 4.78 is 7.37. The van der Waals surface area contributed by atoms with Crippen LogP contribution in [-0.2, 0) is 24.1 Å². The number of nitrogens with one attached hydrogen (secondary N) is 1. The highest BCUT2D eigenvalue weighted by atomic mass is 16.6. The lowest BCUT2D eigenvalue weighted by Crippen LogP contribution is -2.40. The summed E-state index contributed by atoms with van der Waals surface area (Å²) in [6.07, 6.45) is 5.58. The lowest BCUT2D eigenvalue weighted by Gasteiger charge is -2.23. The smallest absolute Gasteiger partial charge is 0.407 e. The molecule has 0 spiro atoms. The quantitative estimate of drug-likeness (QED) is 0.847. The molecular formula is C15H25N3O2. The molecule has 0 aliphatic heterocycles. The van der Waals surface area contributed by atoms with E-state index in [1.807, 2.05) is 31.6 Å². The fourth-order valence-electron chi connectivity index (χ4n) is 2.64. The normalized spacial score (nSPS) is 19.1. The summed E-state index contributed by atoms with van der Waals surface area (Å²) in [6.45, 7) is 8.60. The van der Waals surface area contributed by atoms with Gasteiger partial charge in [0.1, 0.15) is 5.60 Å². The van der Waals surface area contributed by atoms with Crippen LogP contribution in [0.25, 0.3) is 0 Å². The first kappa shape index (κ1) is 14.9. The van der Waals surface area contributed by atoms with Crippen molar-refractivity contribution < 1.29 is 9.53 Å². The highest BCUT2D eigenvalue weighted by molar-refractivity contribution is 5.68. The summed E-state index contributed by atoms with van der Waals surface area (Å²) in [7, 11) is 0. The molecule has 0 saturated heterocycles. The molecule has 5 heteroatoms. The topological polar surface area (TPSA) is 56.2 Å². The van der Waals surface area contributed by atoms with Gasteiger partial charge in [-0.2, -0.15) is 5.10 Å². The summed E-state index contributed by atoms with van der Waals surface area (Å²) in [5.41, 5.74) is 2.12. The van der Waals surface area contributed by atoms with Gasteiger partial charge in [0, 0.05) is 24.7 Å². The zero-order valence-corrected chi connectivity index (χ0v) is 12.9. The molecule has 1 aliphatic carbocycles. The fraction of sp³-hybridized carbons (Fsp3) is 0.733. The number of ether oxygens (including phenoxy) is 1. The van der Waals surface area contributed by atoms with E-state index >= 15 is 0 Å². The monoisotopic (exact) mass is 279 g/mol. The first-order valence-electron chi connectivity index (χ1n) is 7.42. The number of aryl methyl sites for hydroxylation is 2. The van der Waals surface area contributed by atoms with Crippen LogP contribution >= 0.6 is 0 Å². The molecule has 0 saturated carbocycles. The van der Waals surface area contributed by atoms with Gasteiger partial charge in [0.2, 0.25) is 0 Å². The minimum absolute atomic E-state index is 0.132. The van der Waals surface area contributed by atoms with Crippen LogP contribution in [0.3, 0.4) is 0 Å². The predicted octanol–water partition coefficient (Wildman–Crippen LogP) is 2.68. The summed E-state index contributed by atoms with van der Waals surface area (Å²) in [6, 6.07) is 0.132. The van der Waals surface area contributed by atoms with Gasteiger partial charge in [0.15, 0.2) is 0 Å². The van der Waals surface area contributed by atoms with E-state index in [9.17, 15) is 4.79 Å². The first-order chi connectivity index (χ1) is 9.39. The molecule has 20 heavy (non-hydrogen) atoms. The van der Waals surface area contributed by atoms with Gasteiger partial charge in [-0.05, 0) is 52.5 Å². The van der Waals surface area contributed by atoms with E-state index in [0.29, 0.717) is 0 Å². The Hall–Kier alpha value is -1.52. The zero-order valence-electron chi connectivity index (χ0n) is 12.9. The molecule has 0 aromatic carbocycles. The van der Waals surface area contributed by atoms with Gasteiger partial charge in [-0.15, -0.1) is 0 Å². The van der Waals surface area contributed by atoms with Crippen LogP contribution in [0.5, 0.6) is 0 Å². The van der Waals surface area contributed by atoms with Crippen LogP contribution in [-0.4, -0.2) is 27.5 Å². The van der Waals surface area contributed by atoms with Crippen LogP contribution in [0.1, 0.15) is 51.8 Å². The maximum atomic E-state index is 11.9. The average molecular weight is 279 g/mol. The molecule has 1 N–H and O–H groups in total. The number of nitrogens with zero attached hydrogens (tertiary/aromatic N) is 2. The van der Waals surface area contributed by atoms with Crippen molar-refractivity contribution in [2.75, 3.05) is 0 Å². The molecule has 1 aromatic rings. The lowest BCUT2D eigenvalue weighted by atomic mass is 10.1. The van der Waals surface area contributed by atoms with Crippen LogP contribution in [0, 0.1) is 0 Å². The van der Waals surface area contributed by atoms with Gasteiger partial charge in [-0.25, -0.2) is 4.79 Å². The van der Waals surface area contributed by atoms with Gasteiger partial charge in [-0.1, -0.05) is 0 Å². The standard InChI is InChI=1S/C15H25N3O2/c1-5-18-13-9-12(8-6-7-11(13)10-16-18)17-14(19)20-15(2,3)4/h10,12H,5-9H2,1-4H3,(H,17,19)/t12-/m0/s1. The minimum Gasteiger partial charge on any atom is -0.444 e. The van der Waals surface area contributed by atoms with Crippen LogP contribution in [0.2, 0.25) is 0 Å². The maximum Gasteiger partial charge on any atom is 0.407 e. The van der Waals surface area contributed by atoms with Crippen molar-refractivity contribution in [3.63, 3.8) is 0 Å². The highest BCUT2D eigenvalue weighted by Gasteiger charge is 2.24. The Morgan fingerprint density at radius 3 is 2.95 bits per heavy atom. The van der Waals surface area contributed by atoms with Crippen LogP contribution in [0.15, 0.2) is 6.20 Å². The molecule has 0 radical (unpaired) electrons. The van der Waals surface area contributed by atoms with Gasteiger partial charge in [-0.3, -0.25) is 4.68 Å². The number of hydrogen-bond donors (Lipinski definition) is 1. The second-order valence-corrected chi connectivity index (χ2v) is 6.37. The molecule has 112 valence electrons. The molecule has 0 bridgehead atoms. The summed E-state index contributed by atoms with van der Waals surface area (Å²) in [5.74, 6) is 0. The third kappa shape index (κ3) is 3.74. The Kier molecular flexibility index (Phi) is 4.35. The van der Waals surface area contributed by atoms with Crippen molar-refractivity contribution in [1.82, 2.24) is 15.1 Å². The number of amides is 1. The Balaban J connectivity index is 2.02. The van der Waals surface area contributed by atoms with Crippen molar-refractivity contribution >= 4 is 6.09 Å². The molecule has 1 atom stereocenters. The number of carbonyl (C=O) groups excluding carboxylic acids is 1. The minimum atomic E-state index is -0.453. The second-order valence-electron chi connectivity index (χ2n) is 6.37. The molecular weight excluding hydrogens is 254 g/mol. The molecule has 0 unspecified atom stereocenters. The largest absolute Gasteiger partial charge is 0.444 e. The predicted molar refractivity (Wildman–Crippen MR) is 77.7 cm³/mol. The summed E-state index contributed by atoms with van der Waals surface area (Å²) in [5, 5.41) is 7.40. The fourth-order valence-corrected chi connectivity index (χ4v) is 2.64. The third-order valence-electron chi connectivity index (χ3n) is 3.49. The molecule has 1 aromatic heterocycles. The van der Waals surface area contributed by atoms with E-state index in [4.69, 9.17) is 4.74 Å². The van der Waals surface area contributed by atoms with Crippen LogP contribution < -0.4 is 5.32 Å². The van der Waals surface area contributed by atoms with Gasteiger partial charge in [0.05, 0.1) is 6.20 Å².